The lowest BCUT2D eigenvalue weighted by Crippen LogP contribution is -2.19. The summed E-state index contributed by atoms with van der Waals surface area (Å²) in [6.45, 7) is 2.06. The number of hydrogen-bond acceptors (Lipinski definition) is 1. The predicted octanol–water partition coefficient (Wildman–Crippen LogP) is 4.96. The molecule has 2 nitrogen and oxygen atoms in total. The summed E-state index contributed by atoms with van der Waals surface area (Å²) in [4.78, 5) is 0. The third kappa shape index (κ3) is 3.64. The minimum absolute atomic E-state index is 0.490. The summed E-state index contributed by atoms with van der Waals surface area (Å²) in [5, 5.41) is 1.64. The highest BCUT2D eigenvalue weighted by Crippen LogP contribution is 2.46. The van der Waals surface area contributed by atoms with Gasteiger partial charge in [-0.2, -0.15) is 0 Å². The molecule has 3 heteroatoms. The summed E-state index contributed by atoms with van der Waals surface area (Å²) < 4.78 is 18.7. The van der Waals surface area contributed by atoms with E-state index in [4.69, 9.17) is 4.76 Å². The average Bonchev–Trinajstić information content (AvgIpc) is 2.64. The second-order valence-corrected chi connectivity index (χ2v) is 8.71. The maximum Gasteiger partial charge on any atom is 0.247 e. The van der Waals surface area contributed by atoms with E-state index in [1.54, 1.807) is 0 Å². The van der Waals surface area contributed by atoms with Crippen LogP contribution in [0.15, 0.2) is 65.4 Å². The Morgan fingerprint density at radius 1 is 0.870 bits per heavy atom. The first kappa shape index (κ1) is 16.2. The minimum atomic E-state index is -2.96. The number of rotatable bonds is 4. The topological polar surface area (TPSA) is 29.4 Å². The van der Waals surface area contributed by atoms with E-state index in [-0.39, 0.29) is 0 Å². The molecule has 0 saturated heterocycles. The highest BCUT2D eigenvalue weighted by atomic mass is 31.2. The van der Waals surface area contributed by atoms with E-state index < -0.39 is 7.29 Å². The van der Waals surface area contributed by atoms with Gasteiger partial charge in [-0.25, -0.2) is 4.76 Å². The first-order chi connectivity index (χ1) is 11.2. The molecule has 0 atom stereocenters. The molecule has 120 valence electrons. The maximum atomic E-state index is 13.9. The van der Waals surface area contributed by atoms with Crippen LogP contribution in [0, 0.1) is 5.92 Å². The SMILES string of the molecule is C/C(=N/P(=O)(c1ccccc1)c1ccccc1)C1CCCCC1. The third-order valence-corrected chi connectivity index (χ3v) is 7.30. The van der Waals surface area contributed by atoms with Gasteiger partial charge in [0.2, 0.25) is 7.29 Å². The van der Waals surface area contributed by atoms with Gasteiger partial charge in [0.05, 0.1) is 0 Å². The van der Waals surface area contributed by atoms with Gasteiger partial charge in [-0.05, 0) is 49.9 Å². The predicted molar refractivity (Wildman–Crippen MR) is 99.4 cm³/mol. The van der Waals surface area contributed by atoms with Gasteiger partial charge in [-0.3, -0.25) is 4.57 Å². The Bertz CT molecular complexity index is 659. The van der Waals surface area contributed by atoms with Crippen LogP contribution in [0.2, 0.25) is 0 Å². The molecule has 0 unspecified atom stereocenters. The van der Waals surface area contributed by atoms with E-state index in [2.05, 4.69) is 6.92 Å². The smallest absolute Gasteiger partial charge is 0.247 e. The average molecular weight is 325 g/mol. The molecule has 0 spiro atoms. The Morgan fingerprint density at radius 2 is 1.35 bits per heavy atom. The quantitative estimate of drug-likeness (QED) is 0.577. The zero-order valence-corrected chi connectivity index (χ0v) is 14.6. The lowest BCUT2D eigenvalue weighted by Gasteiger charge is -2.23. The Kier molecular flexibility index (Phi) is 5.13. The molecule has 0 aliphatic heterocycles. The van der Waals surface area contributed by atoms with Gasteiger partial charge in [0.1, 0.15) is 0 Å². The van der Waals surface area contributed by atoms with Crippen molar-refractivity contribution in [2.24, 2.45) is 10.7 Å². The summed E-state index contributed by atoms with van der Waals surface area (Å²) in [6.07, 6.45) is 6.20. The van der Waals surface area contributed by atoms with Crippen LogP contribution in [0.3, 0.4) is 0 Å². The van der Waals surface area contributed by atoms with Crippen molar-refractivity contribution >= 4 is 23.6 Å². The lowest BCUT2D eigenvalue weighted by atomic mass is 9.86. The molecule has 0 amide bonds. The highest BCUT2D eigenvalue weighted by Gasteiger charge is 2.28. The van der Waals surface area contributed by atoms with Crippen LogP contribution < -0.4 is 10.6 Å². The summed E-state index contributed by atoms with van der Waals surface area (Å²) in [5.74, 6) is 0.490. The fraction of sp³-hybridized carbons (Fsp3) is 0.350. The van der Waals surface area contributed by atoms with Crippen molar-refractivity contribution in [3.05, 3.63) is 60.7 Å². The molecule has 0 aromatic heterocycles. The third-order valence-electron chi connectivity index (χ3n) is 4.71. The maximum absolute atomic E-state index is 13.9. The van der Waals surface area contributed by atoms with Crippen LogP contribution in [0.5, 0.6) is 0 Å². The van der Waals surface area contributed by atoms with Crippen molar-refractivity contribution in [1.29, 1.82) is 0 Å². The first-order valence-electron chi connectivity index (χ1n) is 8.48. The Morgan fingerprint density at radius 3 is 1.83 bits per heavy atom. The summed E-state index contributed by atoms with van der Waals surface area (Å²) in [7, 11) is -2.96. The molecule has 2 aromatic rings. The summed E-state index contributed by atoms with van der Waals surface area (Å²) >= 11 is 0. The van der Waals surface area contributed by atoms with Gasteiger partial charge in [0, 0.05) is 16.3 Å². The van der Waals surface area contributed by atoms with E-state index in [9.17, 15) is 4.57 Å². The zero-order chi connectivity index (χ0) is 16.1. The van der Waals surface area contributed by atoms with Crippen LogP contribution in [0.1, 0.15) is 39.0 Å². The van der Waals surface area contributed by atoms with Crippen molar-refractivity contribution in [3.8, 4) is 0 Å². The summed E-state index contributed by atoms with van der Waals surface area (Å²) in [5.41, 5.74) is 1.06. The Hall–Kier alpha value is -1.66. The molecule has 1 fully saturated rings. The van der Waals surface area contributed by atoms with Crippen LogP contribution >= 0.6 is 7.29 Å². The van der Waals surface area contributed by atoms with Crippen molar-refractivity contribution in [1.82, 2.24) is 0 Å². The lowest BCUT2D eigenvalue weighted by molar-refractivity contribution is 0.438. The molecule has 23 heavy (non-hydrogen) atoms. The van der Waals surface area contributed by atoms with E-state index >= 15 is 0 Å². The van der Waals surface area contributed by atoms with Crippen LogP contribution in [-0.4, -0.2) is 5.71 Å². The number of hydrogen-bond donors (Lipinski definition) is 0. The van der Waals surface area contributed by atoms with Gasteiger partial charge in [-0.1, -0.05) is 55.7 Å². The van der Waals surface area contributed by atoms with E-state index in [1.807, 2.05) is 60.7 Å². The molecule has 2 aromatic carbocycles. The van der Waals surface area contributed by atoms with Gasteiger partial charge in [0.15, 0.2) is 0 Å². The first-order valence-corrected chi connectivity index (χ1v) is 10.1. The fourth-order valence-corrected chi connectivity index (χ4v) is 5.64. The molecule has 1 saturated carbocycles. The largest absolute Gasteiger partial charge is 0.288 e. The molecule has 0 radical (unpaired) electrons. The van der Waals surface area contributed by atoms with Crippen molar-refractivity contribution in [2.75, 3.05) is 0 Å². The van der Waals surface area contributed by atoms with Crippen molar-refractivity contribution in [2.45, 2.75) is 39.0 Å². The number of nitrogens with zero attached hydrogens (tertiary/aromatic N) is 1. The Balaban J connectivity index is 2.04. The second-order valence-electron chi connectivity index (χ2n) is 6.32. The van der Waals surface area contributed by atoms with E-state index in [0.29, 0.717) is 5.92 Å². The molecule has 0 heterocycles. The molecule has 0 bridgehead atoms. The molecule has 1 aliphatic rings. The fourth-order valence-electron chi connectivity index (χ4n) is 3.35. The van der Waals surface area contributed by atoms with Crippen molar-refractivity contribution in [3.63, 3.8) is 0 Å². The van der Waals surface area contributed by atoms with Gasteiger partial charge < -0.3 is 0 Å². The monoisotopic (exact) mass is 325 g/mol. The zero-order valence-electron chi connectivity index (χ0n) is 13.7. The number of benzene rings is 2. The molecular weight excluding hydrogens is 301 g/mol. The molecular formula is C20H24NOP. The van der Waals surface area contributed by atoms with E-state index in [1.165, 1.54) is 32.1 Å². The van der Waals surface area contributed by atoms with Gasteiger partial charge in [-0.15, -0.1) is 0 Å². The highest BCUT2D eigenvalue weighted by molar-refractivity contribution is 7.77. The van der Waals surface area contributed by atoms with Crippen molar-refractivity contribution < 1.29 is 4.57 Å². The standard InChI is InChI=1S/C20H24NOP/c1-17(18-11-5-2-6-12-18)21-23(22,19-13-7-3-8-14-19)20-15-9-4-10-16-20/h3-4,7-10,13-16,18H,2,5-6,11-12H2,1H3/b21-17-. The molecule has 0 N–H and O–H groups in total. The van der Waals surface area contributed by atoms with Crippen LogP contribution in [-0.2, 0) is 4.57 Å². The molecule has 1 aliphatic carbocycles. The Labute approximate surface area is 139 Å². The van der Waals surface area contributed by atoms with Crippen LogP contribution in [0.25, 0.3) is 0 Å². The van der Waals surface area contributed by atoms with E-state index in [0.717, 1.165) is 16.3 Å². The summed E-state index contributed by atoms with van der Waals surface area (Å²) in [6, 6.07) is 19.4. The minimum Gasteiger partial charge on any atom is -0.288 e. The van der Waals surface area contributed by atoms with Crippen LogP contribution in [0.4, 0.5) is 0 Å². The normalized spacial score (nSPS) is 17.2. The second kappa shape index (κ2) is 7.27. The van der Waals surface area contributed by atoms with Gasteiger partial charge in [0.25, 0.3) is 0 Å². The van der Waals surface area contributed by atoms with Gasteiger partial charge >= 0.3 is 0 Å². The molecule has 3 rings (SSSR count).